The first kappa shape index (κ1) is 16.8. The smallest absolute Gasteiger partial charge is 0.258 e. The van der Waals surface area contributed by atoms with E-state index in [4.69, 9.17) is 16.3 Å². The van der Waals surface area contributed by atoms with Crippen LogP contribution in [-0.2, 0) is 4.79 Å². The molecule has 1 atom stereocenters. The Morgan fingerprint density at radius 3 is 2.75 bits per heavy atom. The second-order valence-electron chi connectivity index (χ2n) is 5.30. The van der Waals surface area contributed by atoms with Gasteiger partial charge in [-0.05, 0) is 37.0 Å². The van der Waals surface area contributed by atoms with Gasteiger partial charge in [0, 0.05) is 0 Å². The Morgan fingerprint density at radius 2 is 2.15 bits per heavy atom. The van der Waals surface area contributed by atoms with Crippen molar-refractivity contribution in [2.75, 3.05) is 13.2 Å². The normalized spacial score (nSPS) is 12.3. The van der Waals surface area contributed by atoms with Crippen molar-refractivity contribution in [3.05, 3.63) is 28.8 Å². The summed E-state index contributed by atoms with van der Waals surface area (Å²) in [5.74, 6) is 0.632. The molecule has 0 radical (unpaired) electrons. The predicted molar refractivity (Wildman–Crippen MR) is 80.2 cm³/mol. The lowest BCUT2D eigenvalue weighted by atomic mass is 10.0. The molecule has 1 rings (SSSR count). The van der Waals surface area contributed by atoms with Crippen LogP contribution < -0.4 is 10.1 Å². The molecule has 0 aliphatic carbocycles. The number of aliphatic hydroxyl groups is 1. The van der Waals surface area contributed by atoms with E-state index in [0.717, 1.165) is 12.0 Å². The maximum Gasteiger partial charge on any atom is 0.258 e. The Morgan fingerprint density at radius 1 is 1.45 bits per heavy atom. The molecule has 0 aliphatic rings. The molecule has 0 saturated heterocycles. The standard InChI is InChI=1S/C15H22ClNO3/c1-10(2)6-12(8-18)17-15(19)9-20-14-7-11(3)4-5-13(14)16/h4-5,7,10,12,18H,6,8-9H2,1-3H3,(H,17,19). The number of carbonyl (C=O) groups is 1. The molecule has 4 nitrogen and oxygen atoms in total. The van der Waals surface area contributed by atoms with E-state index < -0.39 is 0 Å². The minimum atomic E-state index is -0.262. The zero-order valence-corrected chi connectivity index (χ0v) is 12.9. The van der Waals surface area contributed by atoms with Gasteiger partial charge in [0.2, 0.25) is 0 Å². The quantitative estimate of drug-likeness (QED) is 0.813. The molecule has 0 spiro atoms. The highest BCUT2D eigenvalue weighted by Crippen LogP contribution is 2.25. The Bertz CT molecular complexity index is 449. The second kappa shape index (κ2) is 8.12. The second-order valence-corrected chi connectivity index (χ2v) is 5.71. The fourth-order valence-electron chi connectivity index (χ4n) is 1.88. The summed E-state index contributed by atoms with van der Waals surface area (Å²) < 4.78 is 5.40. The number of nitrogens with one attached hydrogen (secondary N) is 1. The van der Waals surface area contributed by atoms with E-state index in [1.807, 2.05) is 26.8 Å². The highest BCUT2D eigenvalue weighted by Gasteiger charge is 2.14. The average Bonchev–Trinajstić information content (AvgIpc) is 2.38. The highest BCUT2D eigenvalue weighted by molar-refractivity contribution is 6.32. The van der Waals surface area contributed by atoms with Crippen LogP contribution in [0.15, 0.2) is 18.2 Å². The first-order valence-corrected chi connectivity index (χ1v) is 7.09. The third-order valence-electron chi connectivity index (χ3n) is 2.79. The lowest BCUT2D eigenvalue weighted by Gasteiger charge is -2.18. The average molecular weight is 300 g/mol. The third kappa shape index (κ3) is 5.80. The zero-order valence-electron chi connectivity index (χ0n) is 12.1. The van der Waals surface area contributed by atoms with Crippen molar-refractivity contribution in [2.24, 2.45) is 5.92 Å². The molecule has 0 bridgehead atoms. The van der Waals surface area contributed by atoms with Crippen molar-refractivity contribution in [3.8, 4) is 5.75 Å². The molecule has 0 aromatic heterocycles. The monoisotopic (exact) mass is 299 g/mol. The molecule has 0 aliphatic heterocycles. The van der Waals surface area contributed by atoms with E-state index in [2.05, 4.69) is 5.32 Å². The van der Waals surface area contributed by atoms with Gasteiger partial charge in [0.15, 0.2) is 6.61 Å². The number of halogens is 1. The van der Waals surface area contributed by atoms with Crippen molar-refractivity contribution >= 4 is 17.5 Å². The van der Waals surface area contributed by atoms with E-state index >= 15 is 0 Å². The van der Waals surface area contributed by atoms with Gasteiger partial charge in [-0.2, -0.15) is 0 Å². The van der Waals surface area contributed by atoms with Crippen molar-refractivity contribution in [3.63, 3.8) is 0 Å². The number of carbonyl (C=O) groups excluding carboxylic acids is 1. The highest BCUT2D eigenvalue weighted by atomic mass is 35.5. The molecule has 5 heteroatoms. The maximum absolute atomic E-state index is 11.8. The fraction of sp³-hybridized carbons (Fsp3) is 0.533. The molecule has 0 heterocycles. The molecule has 0 saturated carbocycles. The SMILES string of the molecule is Cc1ccc(Cl)c(OCC(=O)NC(CO)CC(C)C)c1. The van der Waals surface area contributed by atoms with E-state index in [9.17, 15) is 9.90 Å². The van der Waals surface area contributed by atoms with Crippen LogP contribution >= 0.6 is 11.6 Å². The van der Waals surface area contributed by atoms with E-state index in [-0.39, 0.29) is 25.2 Å². The van der Waals surface area contributed by atoms with Crippen LogP contribution in [0.5, 0.6) is 5.75 Å². The fourth-order valence-corrected chi connectivity index (χ4v) is 2.05. The molecule has 112 valence electrons. The van der Waals surface area contributed by atoms with E-state index in [0.29, 0.717) is 16.7 Å². The van der Waals surface area contributed by atoms with Crippen molar-refractivity contribution in [2.45, 2.75) is 33.2 Å². The minimum Gasteiger partial charge on any atom is -0.482 e. The van der Waals surface area contributed by atoms with E-state index in [1.165, 1.54) is 0 Å². The summed E-state index contributed by atoms with van der Waals surface area (Å²) in [6, 6.07) is 5.16. The molecular formula is C15H22ClNO3. The summed E-state index contributed by atoms with van der Waals surface area (Å²) in [6.45, 7) is 5.82. The van der Waals surface area contributed by atoms with Gasteiger partial charge in [-0.3, -0.25) is 4.79 Å². The largest absolute Gasteiger partial charge is 0.482 e. The molecule has 0 fully saturated rings. The Labute approximate surface area is 125 Å². The number of benzene rings is 1. The number of ether oxygens (including phenoxy) is 1. The Balaban J connectivity index is 2.48. The third-order valence-corrected chi connectivity index (χ3v) is 3.10. The van der Waals surface area contributed by atoms with Crippen molar-refractivity contribution < 1.29 is 14.6 Å². The van der Waals surface area contributed by atoms with Gasteiger partial charge in [0.1, 0.15) is 5.75 Å². The lowest BCUT2D eigenvalue weighted by Crippen LogP contribution is -2.40. The van der Waals surface area contributed by atoms with Crippen LogP contribution in [-0.4, -0.2) is 30.3 Å². The van der Waals surface area contributed by atoms with E-state index in [1.54, 1.807) is 12.1 Å². The summed E-state index contributed by atoms with van der Waals surface area (Å²) in [4.78, 5) is 11.8. The molecule has 1 unspecified atom stereocenters. The number of aryl methyl sites for hydroxylation is 1. The molecule has 1 aromatic rings. The van der Waals surface area contributed by atoms with Crippen molar-refractivity contribution in [1.29, 1.82) is 0 Å². The van der Waals surface area contributed by atoms with Crippen LogP contribution in [0.4, 0.5) is 0 Å². The number of rotatable bonds is 7. The van der Waals surface area contributed by atoms with Gasteiger partial charge in [0.25, 0.3) is 5.91 Å². The first-order chi connectivity index (χ1) is 9.42. The van der Waals surface area contributed by atoms with Crippen molar-refractivity contribution in [1.82, 2.24) is 5.32 Å². The summed E-state index contributed by atoms with van der Waals surface area (Å²) in [5.41, 5.74) is 1.01. The maximum atomic E-state index is 11.8. The van der Waals surface area contributed by atoms with Crippen LogP contribution in [0, 0.1) is 12.8 Å². The van der Waals surface area contributed by atoms with Crippen LogP contribution in [0.1, 0.15) is 25.8 Å². The number of amides is 1. The summed E-state index contributed by atoms with van der Waals surface area (Å²) in [6.07, 6.45) is 0.730. The Hall–Kier alpha value is -1.26. The van der Waals surface area contributed by atoms with Gasteiger partial charge >= 0.3 is 0 Å². The lowest BCUT2D eigenvalue weighted by molar-refractivity contribution is -0.124. The van der Waals surface area contributed by atoms with Gasteiger partial charge in [-0.15, -0.1) is 0 Å². The van der Waals surface area contributed by atoms with Gasteiger partial charge in [-0.25, -0.2) is 0 Å². The number of hydrogen-bond acceptors (Lipinski definition) is 3. The predicted octanol–water partition coefficient (Wildman–Crippen LogP) is 2.55. The minimum absolute atomic E-state index is 0.0743. The molecule has 20 heavy (non-hydrogen) atoms. The van der Waals surface area contributed by atoms with Gasteiger partial charge in [-0.1, -0.05) is 31.5 Å². The summed E-state index contributed by atoms with van der Waals surface area (Å²) in [5, 5.41) is 12.4. The number of aliphatic hydroxyl groups excluding tert-OH is 1. The van der Waals surface area contributed by atoms with Crippen LogP contribution in [0.3, 0.4) is 0 Å². The molecule has 1 aromatic carbocycles. The Kier molecular flexibility index (Phi) is 6.82. The van der Waals surface area contributed by atoms with Crippen LogP contribution in [0.25, 0.3) is 0 Å². The zero-order chi connectivity index (χ0) is 15.1. The molecular weight excluding hydrogens is 278 g/mol. The molecule has 1 amide bonds. The van der Waals surface area contributed by atoms with Crippen LogP contribution in [0.2, 0.25) is 5.02 Å². The topological polar surface area (TPSA) is 58.6 Å². The number of hydrogen-bond donors (Lipinski definition) is 2. The van der Waals surface area contributed by atoms with Gasteiger partial charge in [0.05, 0.1) is 17.7 Å². The molecule has 2 N–H and O–H groups in total. The summed E-state index contributed by atoms with van der Waals surface area (Å²) >= 11 is 5.98. The first-order valence-electron chi connectivity index (χ1n) is 6.71. The summed E-state index contributed by atoms with van der Waals surface area (Å²) in [7, 11) is 0. The van der Waals surface area contributed by atoms with Gasteiger partial charge < -0.3 is 15.2 Å².